The fourth-order valence-corrected chi connectivity index (χ4v) is 8.15. The van der Waals surface area contributed by atoms with Gasteiger partial charge in [0.1, 0.15) is 5.75 Å². The first-order valence-electron chi connectivity index (χ1n) is 14.1. The molecule has 0 saturated carbocycles. The van der Waals surface area contributed by atoms with Crippen LogP contribution in [0.5, 0.6) is 11.5 Å². The van der Waals surface area contributed by atoms with E-state index >= 15 is 0 Å². The minimum atomic E-state index is -3.71. The van der Waals surface area contributed by atoms with Crippen molar-refractivity contribution in [2.24, 2.45) is 0 Å². The summed E-state index contributed by atoms with van der Waals surface area (Å²) in [5.41, 5.74) is 6.69. The largest absolute Gasteiger partial charge is 0.679 e. The summed E-state index contributed by atoms with van der Waals surface area (Å²) < 4.78 is 33.9. The van der Waals surface area contributed by atoms with E-state index < -0.39 is 9.84 Å². The minimum Gasteiger partial charge on any atom is -0.679 e. The first kappa shape index (κ1) is 26.9. The molecule has 0 N–H and O–H groups in total. The van der Waals surface area contributed by atoms with Crippen LogP contribution in [-0.2, 0) is 9.84 Å². The summed E-state index contributed by atoms with van der Waals surface area (Å²) in [4.78, 5) is 0.173. The first-order valence-corrected chi connectivity index (χ1v) is 16.0. The van der Waals surface area contributed by atoms with E-state index in [9.17, 15) is 8.42 Å². The Morgan fingerprint density at radius 2 is 1.40 bits per heavy atom. The Labute approximate surface area is 238 Å². The van der Waals surface area contributed by atoms with E-state index in [2.05, 4.69) is 66.3 Å². The molecular formula is C34H38N2O3S-2. The predicted octanol–water partition coefficient (Wildman–Crippen LogP) is 7.74. The molecule has 0 aliphatic carbocycles. The van der Waals surface area contributed by atoms with Crippen LogP contribution in [-0.4, -0.2) is 25.8 Å². The van der Waals surface area contributed by atoms with E-state index in [4.69, 9.17) is 15.4 Å². The lowest BCUT2D eigenvalue weighted by molar-refractivity contribution is 0.443. The topological polar surface area (TPSA) is 71.6 Å². The van der Waals surface area contributed by atoms with E-state index in [0.717, 1.165) is 56.8 Å². The molecule has 3 aromatic carbocycles. The van der Waals surface area contributed by atoms with Crippen LogP contribution in [0.15, 0.2) is 41.3 Å². The van der Waals surface area contributed by atoms with Crippen LogP contribution in [0.2, 0.25) is 0 Å². The zero-order valence-electron chi connectivity index (χ0n) is 24.8. The second kappa shape index (κ2) is 8.62. The van der Waals surface area contributed by atoms with E-state index in [1.165, 1.54) is 11.8 Å². The van der Waals surface area contributed by atoms with E-state index in [1.807, 2.05) is 25.1 Å². The van der Waals surface area contributed by atoms with Gasteiger partial charge in [0.05, 0.1) is 4.90 Å². The number of ether oxygens (including phenoxy) is 1. The molecule has 3 aliphatic rings. The van der Waals surface area contributed by atoms with Crippen molar-refractivity contribution in [3.05, 3.63) is 85.3 Å². The van der Waals surface area contributed by atoms with Crippen molar-refractivity contribution in [3.63, 3.8) is 0 Å². The average molecular weight is 555 g/mol. The van der Waals surface area contributed by atoms with Gasteiger partial charge in [-0.25, -0.2) is 8.42 Å². The van der Waals surface area contributed by atoms with Crippen LogP contribution in [0, 0.1) is 6.92 Å². The zero-order valence-corrected chi connectivity index (χ0v) is 25.6. The second-order valence-electron chi connectivity index (χ2n) is 13.3. The van der Waals surface area contributed by atoms with Gasteiger partial charge in [0.25, 0.3) is 0 Å². The molecule has 0 spiro atoms. The van der Waals surface area contributed by atoms with Gasteiger partial charge in [-0.2, -0.15) is 0 Å². The van der Waals surface area contributed by atoms with Crippen molar-refractivity contribution in [1.82, 2.24) is 0 Å². The smallest absolute Gasteiger partial charge is 0.178 e. The van der Waals surface area contributed by atoms with E-state index in [1.54, 1.807) is 0 Å². The van der Waals surface area contributed by atoms with Crippen LogP contribution in [0.1, 0.15) is 94.0 Å². The summed E-state index contributed by atoms with van der Waals surface area (Å²) in [6, 6.07) is 12.4. The van der Waals surface area contributed by atoms with Crippen molar-refractivity contribution in [1.29, 1.82) is 0 Å². The molecule has 6 heteroatoms. The molecule has 210 valence electrons. The molecule has 0 bridgehead atoms. The van der Waals surface area contributed by atoms with Crippen molar-refractivity contribution in [3.8, 4) is 11.5 Å². The quantitative estimate of drug-likeness (QED) is 0.242. The maximum absolute atomic E-state index is 13.6. The fraction of sp³-hybridized carbons (Fsp3) is 0.412. The molecular weight excluding hydrogens is 516 g/mol. The number of benzene rings is 3. The van der Waals surface area contributed by atoms with Gasteiger partial charge in [0.15, 0.2) is 15.6 Å². The number of fused-ring (bicyclic) bond motifs is 4. The summed E-state index contributed by atoms with van der Waals surface area (Å²) in [5.74, 6) is 1.47. The third-order valence-electron chi connectivity index (χ3n) is 8.66. The molecule has 0 radical (unpaired) electrons. The highest BCUT2D eigenvalue weighted by Crippen LogP contribution is 2.59. The summed E-state index contributed by atoms with van der Waals surface area (Å²) in [7, 11) is -3.71. The standard InChI is InChI=1S/C34H38N2O3S/c1-18-12-10-11-13-22(18)27-25-14-23-19(2)16-33(5,6)35-28(23)21(4)30(25)39-31-26(27)15-24-20(3)17-34(7,8)36-29(24)32(31)40(9,37)38/h10-15,19-20H,1,16-17H2,2-9H3/q-2. The molecule has 0 saturated heterocycles. The molecule has 3 aromatic rings. The van der Waals surface area contributed by atoms with Crippen molar-refractivity contribution < 1.29 is 13.2 Å². The van der Waals surface area contributed by atoms with Gasteiger partial charge in [0, 0.05) is 23.0 Å². The van der Waals surface area contributed by atoms with Crippen LogP contribution in [0.25, 0.3) is 22.8 Å². The number of hydrogen-bond donors (Lipinski definition) is 0. The molecule has 2 atom stereocenters. The molecule has 3 aliphatic heterocycles. The van der Waals surface area contributed by atoms with Gasteiger partial charge >= 0.3 is 0 Å². The highest BCUT2D eigenvalue weighted by atomic mass is 32.2. The molecule has 5 nitrogen and oxygen atoms in total. The van der Waals surface area contributed by atoms with Crippen LogP contribution < -0.4 is 15.2 Å². The van der Waals surface area contributed by atoms with E-state index in [-0.39, 0.29) is 21.9 Å². The fourth-order valence-electron chi connectivity index (χ4n) is 7.15. The maximum atomic E-state index is 13.6. The molecule has 6 rings (SSSR count). The Hall–Kier alpha value is -3.25. The predicted molar refractivity (Wildman–Crippen MR) is 164 cm³/mol. The third-order valence-corrected chi connectivity index (χ3v) is 9.78. The third kappa shape index (κ3) is 4.14. The number of nitrogens with zero attached hydrogens (tertiary/aromatic N) is 2. The summed E-state index contributed by atoms with van der Waals surface area (Å²) in [5, 5.41) is 12.0. The van der Waals surface area contributed by atoms with E-state index in [0.29, 0.717) is 23.1 Å². The van der Waals surface area contributed by atoms with Crippen molar-refractivity contribution >= 4 is 33.4 Å². The van der Waals surface area contributed by atoms with Gasteiger partial charge < -0.3 is 15.4 Å². The Balaban J connectivity index is 1.79. The Morgan fingerprint density at radius 3 is 1.98 bits per heavy atom. The molecule has 0 aromatic heterocycles. The zero-order chi connectivity index (χ0) is 28.9. The minimum absolute atomic E-state index is 0.136. The highest BCUT2D eigenvalue weighted by molar-refractivity contribution is 7.91. The van der Waals surface area contributed by atoms with Crippen molar-refractivity contribution in [2.75, 3.05) is 6.26 Å². The lowest BCUT2D eigenvalue weighted by Crippen LogP contribution is -2.30. The molecule has 0 fully saturated rings. The number of sulfone groups is 1. The molecule has 2 unspecified atom stereocenters. The van der Waals surface area contributed by atoms with Crippen LogP contribution in [0.4, 0.5) is 11.4 Å². The first-order chi connectivity index (χ1) is 18.6. The Kier molecular flexibility index (Phi) is 5.81. The summed E-state index contributed by atoms with van der Waals surface area (Å²) >= 11 is 0. The summed E-state index contributed by atoms with van der Waals surface area (Å²) in [6.07, 6.45) is 3.05. The van der Waals surface area contributed by atoms with Gasteiger partial charge in [-0.1, -0.05) is 96.4 Å². The lowest BCUT2D eigenvalue weighted by atomic mass is 9.77. The summed E-state index contributed by atoms with van der Waals surface area (Å²) in [6.45, 7) is 19.3. The lowest BCUT2D eigenvalue weighted by Gasteiger charge is -2.52. The van der Waals surface area contributed by atoms with Gasteiger partial charge in [0.2, 0.25) is 0 Å². The number of rotatable bonds is 1. The second-order valence-corrected chi connectivity index (χ2v) is 15.3. The van der Waals surface area contributed by atoms with Crippen molar-refractivity contribution in [2.45, 2.75) is 89.1 Å². The number of hydrogen-bond acceptors (Lipinski definition) is 3. The van der Waals surface area contributed by atoms with Crippen LogP contribution in [0.3, 0.4) is 0 Å². The van der Waals surface area contributed by atoms with Gasteiger partial charge in [-0.3, -0.25) is 0 Å². The Morgan fingerprint density at radius 1 is 0.875 bits per heavy atom. The Bertz CT molecular complexity index is 1820. The molecule has 3 heterocycles. The van der Waals surface area contributed by atoms with Crippen LogP contribution >= 0.6 is 0 Å². The molecule has 40 heavy (non-hydrogen) atoms. The SMILES string of the molecule is C=c1ccccc1=C1c2cc3c(c(C)c2Oc2c1cc1c(c2S(C)(=O)=O)[N-]C(C)(C)CC1C)[N-]C(C)(C)CC3C. The highest BCUT2D eigenvalue weighted by Gasteiger charge is 2.36. The average Bonchev–Trinajstić information content (AvgIpc) is 2.81. The normalized spacial score (nSPS) is 23.4. The van der Waals surface area contributed by atoms with Gasteiger partial charge in [-0.15, -0.1) is 22.5 Å². The molecule has 0 amide bonds. The monoisotopic (exact) mass is 554 g/mol. The van der Waals surface area contributed by atoms with Gasteiger partial charge in [-0.05, 0) is 46.9 Å². The maximum Gasteiger partial charge on any atom is 0.178 e.